The van der Waals surface area contributed by atoms with Gasteiger partial charge in [-0.2, -0.15) is 13.5 Å². The Hall–Kier alpha value is -3.04. The van der Waals surface area contributed by atoms with Crippen LogP contribution < -0.4 is 5.32 Å². The highest BCUT2D eigenvalue weighted by Gasteiger charge is 2.37. The number of halogens is 2. The summed E-state index contributed by atoms with van der Waals surface area (Å²) < 4.78 is 31.0. The molecule has 2 N–H and O–H groups in total. The van der Waals surface area contributed by atoms with E-state index in [0.717, 1.165) is 23.3 Å². The standard InChI is InChI=1S/C27H25Cl2N5O2S/c28-20-10-8-19(9-11-20)25-23(18-5-2-1-3-6-18)17-34(32-25)27(26-24(30)7-4-16-31-26)33-37(35,36)22-14-12-21(29)13-15-22/h1-3,5-6,8-15,23,26,30-31H,4,7,16-17H2/b30-24?,33-27+. The van der Waals surface area contributed by atoms with E-state index in [-0.39, 0.29) is 16.6 Å². The number of hydrazone groups is 1. The van der Waals surface area contributed by atoms with Gasteiger partial charge in [0.05, 0.1) is 17.2 Å². The lowest BCUT2D eigenvalue weighted by molar-refractivity contribution is 0.450. The zero-order valence-electron chi connectivity index (χ0n) is 19.8. The fraction of sp³-hybridized carbons (Fsp3) is 0.222. The van der Waals surface area contributed by atoms with Crippen molar-refractivity contribution in [3.63, 3.8) is 0 Å². The van der Waals surface area contributed by atoms with E-state index in [1.807, 2.05) is 54.6 Å². The van der Waals surface area contributed by atoms with E-state index in [4.69, 9.17) is 33.7 Å². The Morgan fingerprint density at radius 3 is 2.27 bits per heavy atom. The molecule has 190 valence electrons. The average molecular weight is 555 g/mol. The average Bonchev–Trinajstić information content (AvgIpc) is 3.34. The summed E-state index contributed by atoms with van der Waals surface area (Å²) in [5.41, 5.74) is 3.09. The van der Waals surface area contributed by atoms with Gasteiger partial charge < -0.3 is 10.7 Å². The molecule has 2 aliphatic heterocycles. The molecule has 3 aromatic carbocycles. The molecule has 2 heterocycles. The fourth-order valence-corrected chi connectivity index (χ4v) is 5.83. The number of hydrogen-bond acceptors (Lipinski definition) is 5. The van der Waals surface area contributed by atoms with Crippen LogP contribution in [0.5, 0.6) is 0 Å². The Balaban J connectivity index is 1.62. The molecule has 7 nitrogen and oxygen atoms in total. The van der Waals surface area contributed by atoms with Gasteiger partial charge in [-0.05, 0) is 66.9 Å². The Labute approximate surface area is 226 Å². The van der Waals surface area contributed by atoms with Crippen LogP contribution in [-0.4, -0.2) is 49.8 Å². The number of piperidine rings is 1. The second-order valence-corrected chi connectivity index (χ2v) is 11.4. The van der Waals surface area contributed by atoms with E-state index >= 15 is 0 Å². The lowest BCUT2D eigenvalue weighted by atomic mass is 9.90. The van der Waals surface area contributed by atoms with Crippen molar-refractivity contribution in [1.82, 2.24) is 10.3 Å². The van der Waals surface area contributed by atoms with Gasteiger partial charge in [0.1, 0.15) is 6.04 Å². The van der Waals surface area contributed by atoms with Crippen LogP contribution in [0, 0.1) is 5.41 Å². The van der Waals surface area contributed by atoms with Crippen molar-refractivity contribution in [3.8, 4) is 0 Å². The van der Waals surface area contributed by atoms with E-state index in [2.05, 4.69) is 9.71 Å². The first kappa shape index (κ1) is 25.6. The van der Waals surface area contributed by atoms with Crippen LogP contribution in [0.1, 0.15) is 29.9 Å². The van der Waals surface area contributed by atoms with Gasteiger partial charge in [0, 0.05) is 21.7 Å². The van der Waals surface area contributed by atoms with Crippen molar-refractivity contribution in [2.75, 3.05) is 13.1 Å². The molecule has 0 amide bonds. The quantitative estimate of drug-likeness (QED) is 0.328. The number of hydrogen-bond donors (Lipinski definition) is 2. The molecule has 2 atom stereocenters. The summed E-state index contributed by atoms with van der Waals surface area (Å²) in [6, 6.07) is 22.6. The van der Waals surface area contributed by atoms with Gasteiger partial charge in [0.15, 0.2) is 5.84 Å². The molecule has 0 saturated carbocycles. The van der Waals surface area contributed by atoms with Crippen LogP contribution in [0.3, 0.4) is 0 Å². The monoisotopic (exact) mass is 553 g/mol. The molecule has 2 unspecified atom stereocenters. The maximum atomic E-state index is 13.4. The van der Waals surface area contributed by atoms with Crippen LogP contribution in [0.4, 0.5) is 0 Å². The molecule has 37 heavy (non-hydrogen) atoms. The Morgan fingerprint density at radius 1 is 0.973 bits per heavy atom. The second-order valence-electron chi connectivity index (χ2n) is 8.93. The van der Waals surface area contributed by atoms with E-state index in [1.54, 1.807) is 5.01 Å². The minimum Gasteiger partial charge on any atom is -0.308 e. The topological polar surface area (TPSA) is 98.0 Å². The second kappa shape index (κ2) is 10.8. The number of nitrogens with one attached hydrogen (secondary N) is 2. The maximum Gasteiger partial charge on any atom is 0.284 e. The van der Waals surface area contributed by atoms with Gasteiger partial charge >= 0.3 is 0 Å². The van der Waals surface area contributed by atoms with Crippen molar-refractivity contribution in [3.05, 3.63) is 100 Å². The molecule has 0 aliphatic carbocycles. The number of benzene rings is 3. The first-order valence-electron chi connectivity index (χ1n) is 11.9. The molecule has 0 spiro atoms. The molecule has 0 aromatic heterocycles. The Morgan fingerprint density at radius 2 is 1.62 bits per heavy atom. The maximum absolute atomic E-state index is 13.4. The van der Waals surface area contributed by atoms with Crippen LogP contribution >= 0.6 is 23.2 Å². The number of nitrogens with zero attached hydrogens (tertiary/aromatic N) is 3. The van der Waals surface area contributed by atoms with Crippen LogP contribution in [-0.2, 0) is 10.0 Å². The third-order valence-electron chi connectivity index (χ3n) is 6.42. The van der Waals surface area contributed by atoms with E-state index in [9.17, 15) is 8.42 Å². The van der Waals surface area contributed by atoms with E-state index < -0.39 is 16.1 Å². The van der Waals surface area contributed by atoms with Gasteiger partial charge in [-0.25, -0.2) is 5.01 Å². The predicted octanol–water partition coefficient (Wildman–Crippen LogP) is 5.36. The summed E-state index contributed by atoms with van der Waals surface area (Å²) in [4.78, 5) is 0.0254. The highest BCUT2D eigenvalue weighted by Crippen LogP contribution is 2.31. The summed E-state index contributed by atoms with van der Waals surface area (Å²) in [5, 5.41) is 19.4. The SMILES string of the molecule is N=C1CCCNC1/C(=N\S(=O)(=O)c1ccc(Cl)cc1)N1CC(c2ccccc2)C(c2ccc(Cl)cc2)=N1. The normalized spacial score (nSPS) is 20.7. The van der Waals surface area contributed by atoms with Crippen LogP contribution in [0.25, 0.3) is 0 Å². The van der Waals surface area contributed by atoms with Crippen molar-refractivity contribution in [1.29, 1.82) is 5.41 Å². The fourth-order valence-electron chi connectivity index (χ4n) is 4.54. The lowest BCUT2D eigenvalue weighted by Crippen LogP contribution is -2.52. The van der Waals surface area contributed by atoms with Crippen molar-refractivity contribution in [2.24, 2.45) is 9.50 Å². The molecule has 1 saturated heterocycles. The third kappa shape index (κ3) is 5.62. The Bertz CT molecular complexity index is 1460. The first-order valence-corrected chi connectivity index (χ1v) is 14.1. The molecule has 1 fully saturated rings. The van der Waals surface area contributed by atoms with Crippen molar-refractivity contribution < 1.29 is 8.42 Å². The number of amidine groups is 1. The zero-order chi connectivity index (χ0) is 26.0. The summed E-state index contributed by atoms with van der Waals surface area (Å²) >= 11 is 12.1. The third-order valence-corrected chi connectivity index (χ3v) is 8.22. The number of sulfonamides is 1. The lowest BCUT2D eigenvalue weighted by Gasteiger charge is -2.29. The van der Waals surface area contributed by atoms with Gasteiger partial charge in [0.2, 0.25) is 0 Å². The van der Waals surface area contributed by atoms with Crippen LogP contribution in [0.15, 0.2) is 93.3 Å². The molecular formula is C27H25Cl2N5O2S. The van der Waals surface area contributed by atoms with Crippen molar-refractivity contribution in [2.45, 2.75) is 29.7 Å². The highest BCUT2D eigenvalue weighted by molar-refractivity contribution is 7.90. The van der Waals surface area contributed by atoms with Gasteiger partial charge in [-0.1, -0.05) is 65.7 Å². The first-order chi connectivity index (χ1) is 17.8. The minimum atomic E-state index is -4.09. The number of rotatable bonds is 5. The minimum absolute atomic E-state index is 0.0254. The van der Waals surface area contributed by atoms with Gasteiger partial charge in [-0.3, -0.25) is 0 Å². The molecular weight excluding hydrogens is 529 g/mol. The largest absolute Gasteiger partial charge is 0.308 e. The smallest absolute Gasteiger partial charge is 0.284 e. The predicted molar refractivity (Wildman–Crippen MR) is 149 cm³/mol. The Kier molecular flexibility index (Phi) is 7.44. The van der Waals surface area contributed by atoms with Gasteiger partial charge in [-0.15, -0.1) is 4.40 Å². The van der Waals surface area contributed by atoms with E-state index in [0.29, 0.717) is 35.3 Å². The summed E-state index contributed by atoms with van der Waals surface area (Å²) in [6.07, 6.45) is 1.36. The summed E-state index contributed by atoms with van der Waals surface area (Å²) in [5.74, 6) is 0.0492. The zero-order valence-corrected chi connectivity index (χ0v) is 22.1. The van der Waals surface area contributed by atoms with Crippen molar-refractivity contribution >= 4 is 50.5 Å². The van der Waals surface area contributed by atoms with Gasteiger partial charge in [0.25, 0.3) is 10.0 Å². The molecule has 2 aliphatic rings. The highest BCUT2D eigenvalue weighted by atomic mass is 35.5. The summed E-state index contributed by atoms with van der Waals surface area (Å²) in [6.45, 7) is 1.03. The summed E-state index contributed by atoms with van der Waals surface area (Å²) in [7, 11) is -4.09. The van der Waals surface area contributed by atoms with Crippen LogP contribution in [0.2, 0.25) is 10.0 Å². The van der Waals surface area contributed by atoms with E-state index in [1.165, 1.54) is 24.3 Å². The molecule has 0 bridgehead atoms. The molecule has 5 rings (SSSR count). The molecule has 10 heteroatoms. The molecule has 3 aromatic rings. The molecule has 0 radical (unpaired) electrons.